The van der Waals surface area contributed by atoms with Crippen LogP contribution in [0.15, 0.2) is 71.3 Å². The predicted octanol–water partition coefficient (Wildman–Crippen LogP) is 5.15. The van der Waals surface area contributed by atoms with E-state index in [2.05, 4.69) is 31.5 Å². The van der Waals surface area contributed by atoms with Gasteiger partial charge >= 0.3 is 0 Å². The van der Waals surface area contributed by atoms with Gasteiger partial charge in [0, 0.05) is 16.4 Å². The Morgan fingerprint density at radius 2 is 1.75 bits per heavy atom. The molecule has 0 radical (unpaired) electrons. The number of hydrogen-bond acceptors (Lipinski definition) is 3. The Morgan fingerprint density at radius 1 is 1.00 bits per heavy atom. The minimum absolute atomic E-state index is 0.218. The minimum atomic E-state index is -0.218. The second-order valence-electron chi connectivity index (χ2n) is 5.32. The maximum absolute atomic E-state index is 12.6. The topological polar surface area (TPSA) is 54.0 Å². The highest BCUT2D eigenvalue weighted by Gasteiger charge is 2.13. The maximum atomic E-state index is 12.6. The van der Waals surface area contributed by atoms with Gasteiger partial charge in [0.2, 0.25) is 0 Å². The van der Waals surface area contributed by atoms with E-state index in [4.69, 9.17) is 0 Å². The third-order valence-electron chi connectivity index (χ3n) is 3.49. The fraction of sp³-hybridized carbons (Fsp3) is 0.0526. The van der Waals surface area contributed by atoms with Crippen LogP contribution in [0.2, 0.25) is 0 Å². The van der Waals surface area contributed by atoms with Crippen LogP contribution in [0, 0.1) is 6.92 Å². The number of aryl methyl sites for hydroxylation is 1. The third kappa shape index (κ3) is 3.81. The molecule has 1 aromatic heterocycles. The molecular weight excluding hydrogens is 366 g/mol. The minimum Gasteiger partial charge on any atom is -0.340 e. The standard InChI is InChI=1S/C19H16BrN3O/c1-13-8-10-14(11-9-13)22-18-15(5-4-12-21-18)19(24)23-17-7-3-2-6-16(17)20/h2-12H,1H3,(H,21,22)(H,23,24). The molecule has 1 amide bonds. The van der Waals surface area contributed by atoms with Crippen LogP contribution in [0.3, 0.4) is 0 Å². The van der Waals surface area contributed by atoms with Crippen LogP contribution in [-0.4, -0.2) is 10.9 Å². The van der Waals surface area contributed by atoms with Crippen molar-refractivity contribution >= 4 is 39.0 Å². The van der Waals surface area contributed by atoms with E-state index in [1.54, 1.807) is 18.3 Å². The van der Waals surface area contributed by atoms with Crippen LogP contribution < -0.4 is 10.6 Å². The number of nitrogens with zero attached hydrogens (tertiary/aromatic N) is 1. The van der Waals surface area contributed by atoms with Crippen molar-refractivity contribution in [1.29, 1.82) is 0 Å². The van der Waals surface area contributed by atoms with Gasteiger partial charge < -0.3 is 10.6 Å². The van der Waals surface area contributed by atoms with Crippen LogP contribution in [0.25, 0.3) is 0 Å². The summed E-state index contributed by atoms with van der Waals surface area (Å²) in [7, 11) is 0. The Morgan fingerprint density at radius 3 is 2.50 bits per heavy atom. The molecule has 0 aliphatic rings. The number of hydrogen-bond donors (Lipinski definition) is 2. The first-order valence-corrected chi connectivity index (χ1v) is 8.27. The highest BCUT2D eigenvalue weighted by molar-refractivity contribution is 9.10. The molecule has 120 valence electrons. The number of amides is 1. The van der Waals surface area contributed by atoms with Crippen molar-refractivity contribution in [3.63, 3.8) is 0 Å². The van der Waals surface area contributed by atoms with E-state index >= 15 is 0 Å². The number of rotatable bonds is 4. The van der Waals surface area contributed by atoms with Gasteiger partial charge in [-0.05, 0) is 59.3 Å². The molecule has 0 unspecified atom stereocenters. The average molecular weight is 382 g/mol. The summed E-state index contributed by atoms with van der Waals surface area (Å²) in [5.74, 6) is 0.301. The summed E-state index contributed by atoms with van der Waals surface area (Å²) in [4.78, 5) is 16.9. The van der Waals surface area contributed by atoms with E-state index in [0.717, 1.165) is 10.2 Å². The molecule has 0 saturated heterocycles. The van der Waals surface area contributed by atoms with Crippen molar-refractivity contribution in [3.8, 4) is 0 Å². The summed E-state index contributed by atoms with van der Waals surface area (Å²) >= 11 is 3.43. The highest BCUT2D eigenvalue weighted by atomic mass is 79.9. The summed E-state index contributed by atoms with van der Waals surface area (Å²) < 4.78 is 0.829. The molecule has 0 fully saturated rings. The van der Waals surface area contributed by atoms with Gasteiger partial charge in [-0.2, -0.15) is 0 Å². The summed E-state index contributed by atoms with van der Waals surface area (Å²) in [6, 6.07) is 18.9. The monoisotopic (exact) mass is 381 g/mol. The summed E-state index contributed by atoms with van der Waals surface area (Å²) in [6.07, 6.45) is 1.66. The highest BCUT2D eigenvalue weighted by Crippen LogP contribution is 2.24. The molecule has 1 heterocycles. The first kappa shape index (κ1) is 16.2. The van der Waals surface area contributed by atoms with Crippen LogP contribution >= 0.6 is 15.9 Å². The molecule has 2 aromatic carbocycles. The third-order valence-corrected chi connectivity index (χ3v) is 4.18. The fourth-order valence-electron chi connectivity index (χ4n) is 2.21. The number of benzene rings is 2. The number of nitrogens with one attached hydrogen (secondary N) is 2. The molecule has 0 saturated carbocycles. The summed E-state index contributed by atoms with van der Waals surface area (Å²) in [5, 5.41) is 6.09. The molecule has 0 spiro atoms. The molecule has 2 N–H and O–H groups in total. The van der Waals surface area contributed by atoms with Gasteiger partial charge in [0.15, 0.2) is 0 Å². The van der Waals surface area contributed by atoms with E-state index in [1.807, 2.05) is 55.5 Å². The predicted molar refractivity (Wildman–Crippen MR) is 101 cm³/mol. The lowest BCUT2D eigenvalue weighted by Crippen LogP contribution is -2.15. The Balaban J connectivity index is 1.84. The first-order chi connectivity index (χ1) is 11.6. The lowest BCUT2D eigenvalue weighted by atomic mass is 10.2. The van der Waals surface area contributed by atoms with Crippen LogP contribution in [-0.2, 0) is 0 Å². The molecular formula is C19H16BrN3O. The lowest BCUT2D eigenvalue weighted by Gasteiger charge is -2.12. The first-order valence-electron chi connectivity index (χ1n) is 7.48. The Bertz CT molecular complexity index is 862. The second kappa shape index (κ2) is 7.27. The van der Waals surface area contributed by atoms with Crippen molar-refractivity contribution in [2.45, 2.75) is 6.92 Å². The van der Waals surface area contributed by atoms with Gasteiger partial charge in [-0.15, -0.1) is 0 Å². The zero-order valence-electron chi connectivity index (χ0n) is 13.1. The second-order valence-corrected chi connectivity index (χ2v) is 6.18. The van der Waals surface area contributed by atoms with E-state index in [9.17, 15) is 4.79 Å². The number of aromatic nitrogens is 1. The smallest absolute Gasteiger partial charge is 0.259 e. The number of carbonyl (C=O) groups excluding carboxylic acids is 1. The molecule has 0 bridgehead atoms. The van der Waals surface area contributed by atoms with E-state index in [1.165, 1.54) is 5.56 Å². The van der Waals surface area contributed by atoms with Crippen molar-refractivity contribution in [1.82, 2.24) is 4.98 Å². The number of pyridine rings is 1. The van der Waals surface area contributed by atoms with Crippen LogP contribution in [0.1, 0.15) is 15.9 Å². The van der Waals surface area contributed by atoms with Gasteiger partial charge in [0.05, 0.1) is 11.3 Å². The SMILES string of the molecule is Cc1ccc(Nc2ncccc2C(=O)Nc2ccccc2Br)cc1. The van der Waals surface area contributed by atoms with Crippen LogP contribution in [0.5, 0.6) is 0 Å². The van der Waals surface area contributed by atoms with E-state index in [-0.39, 0.29) is 5.91 Å². The molecule has 0 aliphatic heterocycles. The van der Waals surface area contributed by atoms with E-state index in [0.29, 0.717) is 17.1 Å². The molecule has 3 rings (SSSR count). The molecule has 3 aromatic rings. The normalized spacial score (nSPS) is 10.2. The Labute approximate surface area is 149 Å². The van der Waals surface area contributed by atoms with E-state index < -0.39 is 0 Å². The number of para-hydroxylation sites is 1. The quantitative estimate of drug-likeness (QED) is 0.656. The lowest BCUT2D eigenvalue weighted by molar-refractivity contribution is 0.102. The Hall–Kier alpha value is -2.66. The van der Waals surface area contributed by atoms with Crippen molar-refractivity contribution in [2.24, 2.45) is 0 Å². The van der Waals surface area contributed by atoms with Gasteiger partial charge in [-0.3, -0.25) is 4.79 Å². The zero-order valence-corrected chi connectivity index (χ0v) is 14.7. The van der Waals surface area contributed by atoms with Gasteiger partial charge in [-0.1, -0.05) is 29.8 Å². The summed E-state index contributed by atoms with van der Waals surface area (Å²) in [6.45, 7) is 2.03. The molecule has 24 heavy (non-hydrogen) atoms. The maximum Gasteiger partial charge on any atom is 0.259 e. The molecule has 4 nitrogen and oxygen atoms in total. The molecule has 5 heteroatoms. The number of carbonyl (C=O) groups is 1. The zero-order chi connectivity index (χ0) is 16.9. The van der Waals surface area contributed by atoms with Crippen molar-refractivity contribution in [2.75, 3.05) is 10.6 Å². The Kier molecular flexibility index (Phi) is 4.91. The molecule has 0 aliphatic carbocycles. The molecule has 0 atom stereocenters. The number of anilines is 3. The van der Waals surface area contributed by atoms with Crippen molar-refractivity contribution < 1.29 is 4.79 Å². The van der Waals surface area contributed by atoms with Gasteiger partial charge in [0.25, 0.3) is 5.91 Å². The van der Waals surface area contributed by atoms with Gasteiger partial charge in [-0.25, -0.2) is 4.98 Å². The number of halogens is 1. The summed E-state index contributed by atoms with van der Waals surface area (Å²) in [5.41, 5.74) is 3.25. The average Bonchev–Trinajstić information content (AvgIpc) is 2.59. The van der Waals surface area contributed by atoms with Crippen molar-refractivity contribution in [3.05, 3.63) is 82.5 Å². The largest absolute Gasteiger partial charge is 0.340 e. The van der Waals surface area contributed by atoms with Gasteiger partial charge in [0.1, 0.15) is 5.82 Å². The van der Waals surface area contributed by atoms with Crippen LogP contribution in [0.4, 0.5) is 17.2 Å². The fourth-order valence-corrected chi connectivity index (χ4v) is 2.60.